The molecule has 0 aromatic heterocycles. The summed E-state index contributed by atoms with van der Waals surface area (Å²) in [5.41, 5.74) is 2.28. The van der Waals surface area contributed by atoms with Crippen LogP contribution in [0.15, 0.2) is 48.5 Å². The van der Waals surface area contributed by atoms with Crippen molar-refractivity contribution in [2.24, 2.45) is 0 Å². The number of amides is 1. The molecule has 4 nitrogen and oxygen atoms in total. The average Bonchev–Trinajstić information content (AvgIpc) is 3.05. The predicted octanol–water partition coefficient (Wildman–Crippen LogP) is 2.75. The molecule has 1 aliphatic heterocycles. The van der Waals surface area contributed by atoms with E-state index in [2.05, 4.69) is 0 Å². The Morgan fingerprint density at radius 3 is 2.08 bits per heavy atom. The molecule has 1 saturated heterocycles. The molecule has 1 amide bonds. The fourth-order valence-corrected chi connectivity index (χ4v) is 3.88. The summed E-state index contributed by atoms with van der Waals surface area (Å²) < 4.78 is 36.2. The van der Waals surface area contributed by atoms with Gasteiger partial charge >= 0.3 is 0 Å². The van der Waals surface area contributed by atoms with Crippen molar-refractivity contribution in [2.75, 3.05) is 19.3 Å². The molecule has 24 heavy (non-hydrogen) atoms. The number of halogens is 1. The first-order valence-electron chi connectivity index (χ1n) is 7.69. The van der Waals surface area contributed by atoms with Crippen LogP contribution in [0.4, 0.5) is 4.39 Å². The van der Waals surface area contributed by atoms with Gasteiger partial charge in [0.15, 0.2) is 9.84 Å². The summed E-state index contributed by atoms with van der Waals surface area (Å²) >= 11 is 0. The SMILES string of the molecule is CS(=O)(=O)C1CCN(C(=O)c2ccc(-c3ccc(F)cc3)cc2)C1. The smallest absolute Gasteiger partial charge is 0.253 e. The second-order valence-corrected chi connectivity index (χ2v) is 8.40. The highest BCUT2D eigenvalue weighted by Gasteiger charge is 2.32. The van der Waals surface area contributed by atoms with Crippen LogP contribution in [0.1, 0.15) is 16.8 Å². The van der Waals surface area contributed by atoms with Crippen molar-refractivity contribution in [2.45, 2.75) is 11.7 Å². The van der Waals surface area contributed by atoms with E-state index in [4.69, 9.17) is 0 Å². The third kappa shape index (κ3) is 3.48. The Balaban J connectivity index is 1.74. The highest BCUT2D eigenvalue weighted by Crippen LogP contribution is 2.22. The minimum Gasteiger partial charge on any atom is -0.337 e. The maximum atomic E-state index is 13.0. The number of sulfone groups is 1. The lowest BCUT2D eigenvalue weighted by atomic mass is 10.0. The molecule has 126 valence electrons. The van der Waals surface area contributed by atoms with Gasteiger partial charge in [0.1, 0.15) is 5.82 Å². The Labute approximate surface area is 140 Å². The number of carbonyl (C=O) groups is 1. The van der Waals surface area contributed by atoms with Gasteiger partial charge in [0.05, 0.1) is 5.25 Å². The van der Waals surface area contributed by atoms with Crippen molar-refractivity contribution in [3.8, 4) is 11.1 Å². The summed E-state index contributed by atoms with van der Waals surface area (Å²) in [7, 11) is -3.12. The van der Waals surface area contributed by atoms with E-state index in [1.807, 2.05) is 12.1 Å². The van der Waals surface area contributed by atoms with Gasteiger partial charge in [-0.1, -0.05) is 24.3 Å². The van der Waals surface area contributed by atoms with Crippen molar-refractivity contribution in [1.82, 2.24) is 4.90 Å². The molecule has 1 atom stereocenters. The van der Waals surface area contributed by atoms with Crippen molar-refractivity contribution in [3.63, 3.8) is 0 Å². The van der Waals surface area contributed by atoms with Gasteiger partial charge in [-0.2, -0.15) is 0 Å². The molecular formula is C18H18FNO3S. The van der Waals surface area contributed by atoms with Gasteiger partial charge in [-0.15, -0.1) is 0 Å². The molecule has 1 fully saturated rings. The summed E-state index contributed by atoms with van der Waals surface area (Å²) in [5.74, 6) is -0.452. The van der Waals surface area contributed by atoms with Crippen LogP contribution >= 0.6 is 0 Å². The number of hydrogen-bond donors (Lipinski definition) is 0. The van der Waals surface area contributed by atoms with Gasteiger partial charge < -0.3 is 4.90 Å². The third-order valence-corrected chi connectivity index (χ3v) is 5.94. The Morgan fingerprint density at radius 1 is 1.04 bits per heavy atom. The molecule has 0 bridgehead atoms. The zero-order valence-electron chi connectivity index (χ0n) is 13.3. The molecular weight excluding hydrogens is 329 g/mol. The lowest BCUT2D eigenvalue weighted by Gasteiger charge is -2.16. The number of nitrogens with zero attached hydrogens (tertiary/aromatic N) is 1. The van der Waals surface area contributed by atoms with Crippen LogP contribution in [0.2, 0.25) is 0 Å². The van der Waals surface area contributed by atoms with Crippen LogP contribution < -0.4 is 0 Å². The highest BCUT2D eigenvalue weighted by molar-refractivity contribution is 7.91. The fraction of sp³-hybridized carbons (Fsp3) is 0.278. The molecule has 1 heterocycles. The van der Waals surface area contributed by atoms with Crippen LogP contribution in [-0.4, -0.2) is 43.8 Å². The van der Waals surface area contributed by atoms with E-state index in [1.54, 1.807) is 29.2 Å². The summed E-state index contributed by atoms with van der Waals surface area (Å²) in [6.45, 7) is 0.702. The Kier molecular flexibility index (Phi) is 4.41. The normalized spacial score (nSPS) is 17.9. The van der Waals surface area contributed by atoms with Crippen LogP contribution in [0.5, 0.6) is 0 Å². The van der Waals surface area contributed by atoms with Gasteiger partial charge in [-0.25, -0.2) is 12.8 Å². The first-order valence-corrected chi connectivity index (χ1v) is 9.64. The lowest BCUT2D eigenvalue weighted by molar-refractivity contribution is 0.0793. The zero-order valence-corrected chi connectivity index (χ0v) is 14.1. The summed E-state index contributed by atoms with van der Waals surface area (Å²) in [6, 6.07) is 13.2. The van der Waals surface area contributed by atoms with Gasteiger partial charge in [0, 0.05) is 24.9 Å². The molecule has 0 N–H and O–H groups in total. The molecule has 3 rings (SSSR count). The second-order valence-electron chi connectivity index (χ2n) is 6.08. The number of rotatable bonds is 3. The Hall–Kier alpha value is -2.21. The molecule has 0 spiro atoms. The second kappa shape index (κ2) is 6.36. The Bertz CT molecular complexity index is 845. The Morgan fingerprint density at radius 2 is 1.58 bits per heavy atom. The summed E-state index contributed by atoms with van der Waals surface area (Å²) in [6.07, 6.45) is 1.70. The topological polar surface area (TPSA) is 54.5 Å². The summed E-state index contributed by atoms with van der Waals surface area (Å²) in [5, 5.41) is -0.472. The highest BCUT2D eigenvalue weighted by atomic mass is 32.2. The molecule has 1 aliphatic rings. The monoisotopic (exact) mass is 347 g/mol. The molecule has 0 aliphatic carbocycles. The van der Waals surface area contributed by atoms with Crippen molar-refractivity contribution in [3.05, 3.63) is 59.9 Å². The van der Waals surface area contributed by atoms with E-state index in [1.165, 1.54) is 18.4 Å². The van der Waals surface area contributed by atoms with Crippen molar-refractivity contribution < 1.29 is 17.6 Å². The van der Waals surface area contributed by atoms with E-state index in [0.717, 1.165) is 11.1 Å². The largest absolute Gasteiger partial charge is 0.337 e. The average molecular weight is 347 g/mol. The van der Waals surface area contributed by atoms with Gasteiger partial charge in [0.2, 0.25) is 0 Å². The number of benzene rings is 2. The lowest BCUT2D eigenvalue weighted by Crippen LogP contribution is -2.31. The minimum atomic E-state index is -3.12. The van der Waals surface area contributed by atoms with Crippen molar-refractivity contribution >= 4 is 15.7 Å². The predicted molar refractivity (Wildman–Crippen MR) is 91.0 cm³/mol. The zero-order chi connectivity index (χ0) is 17.3. The molecule has 0 radical (unpaired) electrons. The molecule has 0 saturated carbocycles. The van der Waals surface area contributed by atoms with E-state index >= 15 is 0 Å². The van der Waals surface area contributed by atoms with Gasteiger partial charge in [-0.3, -0.25) is 4.79 Å². The number of carbonyl (C=O) groups excluding carboxylic acids is 1. The van der Waals surface area contributed by atoms with Crippen LogP contribution in [-0.2, 0) is 9.84 Å². The minimum absolute atomic E-state index is 0.160. The quantitative estimate of drug-likeness (QED) is 0.858. The first-order chi connectivity index (χ1) is 11.3. The number of likely N-dealkylation sites (tertiary alicyclic amines) is 1. The van der Waals surface area contributed by atoms with E-state index in [0.29, 0.717) is 18.5 Å². The molecule has 2 aromatic rings. The maximum Gasteiger partial charge on any atom is 0.253 e. The van der Waals surface area contributed by atoms with Crippen LogP contribution in [0.3, 0.4) is 0 Å². The first kappa shape index (κ1) is 16.6. The maximum absolute atomic E-state index is 13.0. The number of hydrogen-bond acceptors (Lipinski definition) is 3. The molecule has 6 heteroatoms. The molecule has 1 unspecified atom stereocenters. The third-order valence-electron chi connectivity index (χ3n) is 4.35. The van der Waals surface area contributed by atoms with E-state index in [9.17, 15) is 17.6 Å². The van der Waals surface area contributed by atoms with Gasteiger partial charge in [0.25, 0.3) is 5.91 Å². The summed E-state index contributed by atoms with van der Waals surface area (Å²) in [4.78, 5) is 14.1. The van der Waals surface area contributed by atoms with Crippen molar-refractivity contribution in [1.29, 1.82) is 0 Å². The van der Waals surface area contributed by atoms with Gasteiger partial charge in [-0.05, 0) is 41.8 Å². The van der Waals surface area contributed by atoms with E-state index < -0.39 is 15.1 Å². The fourth-order valence-electron chi connectivity index (χ4n) is 2.89. The standard InChI is InChI=1S/C18H18FNO3S/c1-24(22,23)17-10-11-20(12-17)18(21)15-4-2-13(3-5-15)14-6-8-16(19)9-7-14/h2-9,17H,10-12H2,1H3. The van der Waals surface area contributed by atoms with Crippen LogP contribution in [0.25, 0.3) is 11.1 Å². The van der Waals surface area contributed by atoms with Crippen LogP contribution in [0, 0.1) is 5.82 Å². The van der Waals surface area contributed by atoms with E-state index in [-0.39, 0.29) is 18.3 Å². The molecule has 2 aromatic carbocycles.